The van der Waals surface area contributed by atoms with Gasteiger partial charge in [0.2, 0.25) is 5.89 Å². The van der Waals surface area contributed by atoms with Gasteiger partial charge >= 0.3 is 6.03 Å². The van der Waals surface area contributed by atoms with Gasteiger partial charge in [-0.2, -0.15) is 10.1 Å². The van der Waals surface area contributed by atoms with Gasteiger partial charge in [-0.15, -0.1) is 0 Å². The van der Waals surface area contributed by atoms with Crippen molar-refractivity contribution in [2.24, 2.45) is 7.05 Å². The van der Waals surface area contributed by atoms with E-state index in [-0.39, 0.29) is 18.1 Å². The van der Waals surface area contributed by atoms with Crippen molar-refractivity contribution in [2.45, 2.75) is 69.9 Å². The van der Waals surface area contributed by atoms with Crippen LogP contribution in [-0.4, -0.2) is 37.4 Å². The first-order valence-electron chi connectivity index (χ1n) is 10.0. The standard InChI is InChI=1S/C19H28N6O2/c1-13(18-22-17(23-27-18)14-7-4-3-5-8-14)21-19(26)25-10-6-9-16(25)15-11-20-24(2)12-15/h11-14,16H,3-10H2,1-2H3,(H,21,26). The number of nitrogens with zero attached hydrogens (tertiary/aromatic N) is 5. The third-order valence-electron chi connectivity index (χ3n) is 5.76. The van der Waals surface area contributed by atoms with E-state index in [0.29, 0.717) is 11.8 Å². The Balaban J connectivity index is 1.39. The number of carbonyl (C=O) groups is 1. The van der Waals surface area contributed by atoms with Crippen molar-refractivity contribution in [2.75, 3.05) is 6.54 Å². The predicted molar refractivity (Wildman–Crippen MR) is 99.0 cm³/mol. The van der Waals surface area contributed by atoms with Gasteiger partial charge in [0.1, 0.15) is 6.04 Å². The number of hydrogen-bond donors (Lipinski definition) is 1. The number of likely N-dealkylation sites (tertiary alicyclic amines) is 1. The Morgan fingerprint density at radius 1 is 1.26 bits per heavy atom. The SMILES string of the molecule is CC(NC(=O)N1CCCC1c1cnn(C)c1)c1nc(C2CCCCC2)no1. The van der Waals surface area contributed by atoms with E-state index in [1.54, 1.807) is 4.68 Å². The maximum absolute atomic E-state index is 12.8. The molecule has 2 fully saturated rings. The van der Waals surface area contributed by atoms with Gasteiger partial charge in [0, 0.05) is 31.3 Å². The molecule has 2 aromatic heterocycles. The highest BCUT2D eigenvalue weighted by molar-refractivity contribution is 5.75. The summed E-state index contributed by atoms with van der Waals surface area (Å²) >= 11 is 0. The van der Waals surface area contributed by atoms with E-state index in [2.05, 4.69) is 20.6 Å². The Morgan fingerprint density at radius 2 is 2.07 bits per heavy atom. The van der Waals surface area contributed by atoms with Crippen LogP contribution in [0.2, 0.25) is 0 Å². The van der Waals surface area contributed by atoms with Crippen molar-refractivity contribution >= 4 is 6.03 Å². The number of hydrogen-bond acceptors (Lipinski definition) is 5. The minimum atomic E-state index is -0.308. The number of amides is 2. The fraction of sp³-hybridized carbons (Fsp3) is 0.684. The molecule has 4 rings (SSSR count). The second-order valence-corrected chi connectivity index (χ2v) is 7.80. The molecule has 0 spiro atoms. The first-order chi connectivity index (χ1) is 13.1. The zero-order valence-corrected chi connectivity index (χ0v) is 16.1. The van der Waals surface area contributed by atoms with Crippen molar-refractivity contribution in [3.8, 4) is 0 Å². The topological polar surface area (TPSA) is 89.1 Å². The van der Waals surface area contributed by atoms with Gasteiger partial charge in [-0.1, -0.05) is 24.4 Å². The monoisotopic (exact) mass is 372 g/mol. The number of urea groups is 1. The molecule has 2 aliphatic rings. The molecule has 3 heterocycles. The fourth-order valence-corrected chi connectivity index (χ4v) is 4.25. The Labute approximate surface area is 159 Å². The zero-order valence-electron chi connectivity index (χ0n) is 16.1. The molecule has 8 nitrogen and oxygen atoms in total. The maximum atomic E-state index is 12.8. The molecule has 1 saturated carbocycles. The second kappa shape index (κ2) is 7.70. The van der Waals surface area contributed by atoms with Crippen LogP contribution in [0.4, 0.5) is 4.79 Å². The normalized spacial score (nSPS) is 22.1. The van der Waals surface area contributed by atoms with Gasteiger partial charge in [0.15, 0.2) is 5.82 Å². The molecule has 2 amide bonds. The maximum Gasteiger partial charge on any atom is 0.318 e. The highest BCUT2D eigenvalue weighted by atomic mass is 16.5. The molecule has 0 radical (unpaired) electrons. The van der Waals surface area contributed by atoms with E-state index >= 15 is 0 Å². The summed E-state index contributed by atoms with van der Waals surface area (Å²) in [5.74, 6) is 1.67. The van der Waals surface area contributed by atoms with Crippen LogP contribution in [0.25, 0.3) is 0 Å². The molecule has 0 bridgehead atoms. The van der Waals surface area contributed by atoms with E-state index in [1.807, 2.05) is 31.3 Å². The lowest BCUT2D eigenvalue weighted by atomic mass is 9.89. The van der Waals surface area contributed by atoms with Crippen LogP contribution < -0.4 is 5.32 Å². The average molecular weight is 372 g/mol. The van der Waals surface area contributed by atoms with Gasteiger partial charge in [-0.05, 0) is 32.6 Å². The molecule has 8 heteroatoms. The lowest BCUT2D eigenvalue weighted by molar-refractivity contribution is 0.187. The zero-order chi connectivity index (χ0) is 18.8. The number of aryl methyl sites for hydroxylation is 1. The summed E-state index contributed by atoms with van der Waals surface area (Å²) in [4.78, 5) is 19.3. The minimum absolute atomic E-state index is 0.0754. The van der Waals surface area contributed by atoms with Crippen LogP contribution in [0.1, 0.15) is 87.1 Å². The van der Waals surface area contributed by atoms with Crippen LogP contribution in [-0.2, 0) is 7.05 Å². The Hall–Kier alpha value is -2.38. The largest absolute Gasteiger partial charge is 0.337 e. The molecule has 2 unspecified atom stereocenters. The van der Waals surface area contributed by atoms with Crippen LogP contribution in [0.15, 0.2) is 16.9 Å². The summed E-state index contributed by atoms with van der Waals surface area (Å²) in [5, 5.41) is 11.4. The molecule has 27 heavy (non-hydrogen) atoms. The lowest BCUT2D eigenvalue weighted by Crippen LogP contribution is -2.40. The highest BCUT2D eigenvalue weighted by Crippen LogP contribution is 2.33. The summed E-state index contributed by atoms with van der Waals surface area (Å²) in [6.07, 6.45) is 11.8. The molecule has 146 valence electrons. The third-order valence-corrected chi connectivity index (χ3v) is 5.76. The molecule has 1 aliphatic carbocycles. The van der Waals surface area contributed by atoms with Gasteiger partial charge in [-0.25, -0.2) is 4.79 Å². The van der Waals surface area contributed by atoms with Gasteiger partial charge < -0.3 is 14.7 Å². The summed E-state index contributed by atoms with van der Waals surface area (Å²) in [6.45, 7) is 2.64. The van der Waals surface area contributed by atoms with E-state index in [4.69, 9.17) is 4.52 Å². The van der Waals surface area contributed by atoms with Crippen molar-refractivity contribution in [3.05, 3.63) is 29.7 Å². The fourth-order valence-electron chi connectivity index (χ4n) is 4.25. The van der Waals surface area contributed by atoms with Gasteiger partial charge in [0.25, 0.3) is 0 Å². The number of carbonyl (C=O) groups excluding carboxylic acids is 1. The Bertz CT molecular complexity index is 779. The summed E-state index contributed by atoms with van der Waals surface area (Å²) in [7, 11) is 1.89. The molecule has 1 N–H and O–H groups in total. The van der Waals surface area contributed by atoms with Crippen molar-refractivity contribution in [1.82, 2.24) is 30.1 Å². The minimum Gasteiger partial charge on any atom is -0.337 e. The highest BCUT2D eigenvalue weighted by Gasteiger charge is 2.32. The molecule has 2 aromatic rings. The van der Waals surface area contributed by atoms with E-state index < -0.39 is 0 Å². The summed E-state index contributed by atoms with van der Waals surface area (Å²) in [5.41, 5.74) is 1.08. The summed E-state index contributed by atoms with van der Waals surface area (Å²) < 4.78 is 7.23. The van der Waals surface area contributed by atoms with Gasteiger partial charge in [0.05, 0.1) is 12.2 Å². The van der Waals surface area contributed by atoms with Crippen molar-refractivity contribution in [1.29, 1.82) is 0 Å². The molecule has 1 saturated heterocycles. The second-order valence-electron chi connectivity index (χ2n) is 7.80. The van der Waals surface area contributed by atoms with Crippen LogP contribution in [0.5, 0.6) is 0 Å². The predicted octanol–water partition coefficient (Wildman–Crippen LogP) is 3.46. The molecular weight excluding hydrogens is 344 g/mol. The number of nitrogens with one attached hydrogen (secondary N) is 1. The summed E-state index contributed by atoms with van der Waals surface area (Å²) in [6, 6.07) is -0.324. The molecule has 2 atom stereocenters. The van der Waals surface area contributed by atoms with E-state index in [0.717, 1.165) is 43.6 Å². The van der Waals surface area contributed by atoms with Crippen LogP contribution in [0.3, 0.4) is 0 Å². The first-order valence-corrected chi connectivity index (χ1v) is 10.0. The van der Waals surface area contributed by atoms with Crippen molar-refractivity contribution < 1.29 is 9.32 Å². The lowest BCUT2D eigenvalue weighted by Gasteiger charge is -2.25. The quantitative estimate of drug-likeness (QED) is 0.888. The number of aromatic nitrogens is 4. The molecule has 1 aliphatic heterocycles. The third kappa shape index (κ3) is 3.84. The van der Waals surface area contributed by atoms with Crippen molar-refractivity contribution in [3.63, 3.8) is 0 Å². The number of rotatable bonds is 4. The van der Waals surface area contributed by atoms with E-state index in [1.165, 1.54) is 19.3 Å². The Morgan fingerprint density at radius 3 is 2.81 bits per heavy atom. The smallest absolute Gasteiger partial charge is 0.318 e. The molecule has 0 aromatic carbocycles. The van der Waals surface area contributed by atoms with Crippen LogP contribution in [0, 0.1) is 0 Å². The Kier molecular flexibility index (Phi) is 5.13. The van der Waals surface area contributed by atoms with Gasteiger partial charge in [-0.3, -0.25) is 4.68 Å². The average Bonchev–Trinajstić information content (AvgIpc) is 3.42. The first kappa shape index (κ1) is 18.0. The van der Waals surface area contributed by atoms with Crippen LogP contribution >= 0.6 is 0 Å². The van der Waals surface area contributed by atoms with E-state index in [9.17, 15) is 4.79 Å². The molecular formula is C19H28N6O2.